The van der Waals surface area contributed by atoms with Gasteiger partial charge in [0.25, 0.3) is 0 Å². The van der Waals surface area contributed by atoms with Crippen molar-refractivity contribution in [1.82, 2.24) is 0 Å². The van der Waals surface area contributed by atoms with Crippen LogP contribution in [0.2, 0.25) is 0 Å². The minimum absolute atomic E-state index is 0.0442. The topological polar surface area (TPSA) is 141 Å². The third-order valence-corrected chi connectivity index (χ3v) is 17.4. The number of carbonyl (C=O) groups excluding carboxylic acids is 6. The maximum atomic E-state index is 12.1. The van der Waals surface area contributed by atoms with Gasteiger partial charge in [0.05, 0.1) is 11.5 Å². The third kappa shape index (κ3) is 5.47. The molecule has 8 aliphatic carbocycles. The van der Waals surface area contributed by atoms with Crippen LogP contribution in [0.15, 0.2) is 35.5 Å². The second-order valence-electron chi connectivity index (χ2n) is 19.0. The molecular formula is C44H57ClO9. The summed E-state index contributed by atoms with van der Waals surface area (Å²) in [6.45, 7) is 11.4. The summed E-state index contributed by atoms with van der Waals surface area (Å²) < 4.78 is 11.3. The fourth-order valence-corrected chi connectivity index (χ4v) is 14.4. The Bertz CT molecular complexity index is 1750. The average molecular weight is 765 g/mol. The zero-order valence-corrected chi connectivity index (χ0v) is 33.4. The Morgan fingerprint density at radius 1 is 0.722 bits per heavy atom. The first kappa shape index (κ1) is 39.3. The summed E-state index contributed by atoms with van der Waals surface area (Å²) in [6, 6.07) is 0. The number of hydrogen-bond acceptors (Lipinski definition) is 9. The van der Waals surface area contributed by atoms with E-state index in [1.165, 1.54) is 19.4 Å². The van der Waals surface area contributed by atoms with Crippen molar-refractivity contribution in [3.63, 3.8) is 0 Å². The van der Waals surface area contributed by atoms with E-state index in [0.29, 0.717) is 43.4 Å². The molecule has 0 heterocycles. The Morgan fingerprint density at radius 3 is 1.80 bits per heavy atom. The molecule has 0 radical (unpaired) electrons. The largest absolute Gasteiger partial charge is 0.451 e. The van der Waals surface area contributed by atoms with E-state index < -0.39 is 34.1 Å². The highest BCUT2D eigenvalue weighted by atomic mass is 35.5. The van der Waals surface area contributed by atoms with Crippen LogP contribution in [0.3, 0.4) is 0 Å². The van der Waals surface area contributed by atoms with Gasteiger partial charge in [0.1, 0.15) is 0 Å². The number of aliphatic hydroxyl groups is 1. The monoisotopic (exact) mass is 764 g/mol. The molecule has 10 heteroatoms. The van der Waals surface area contributed by atoms with Gasteiger partial charge < -0.3 is 14.6 Å². The van der Waals surface area contributed by atoms with Gasteiger partial charge >= 0.3 is 11.9 Å². The number of rotatable bonds is 4. The maximum Gasteiger partial charge on any atom is 0.303 e. The molecule has 0 aromatic rings. The summed E-state index contributed by atoms with van der Waals surface area (Å²) in [4.78, 5) is 71.6. The van der Waals surface area contributed by atoms with E-state index in [1.807, 2.05) is 13.0 Å². The van der Waals surface area contributed by atoms with Crippen molar-refractivity contribution in [3.8, 4) is 0 Å². The first-order valence-corrected chi connectivity index (χ1v) is 20.6. The second kappa shape index (κ2) is 13.3. The van der Waals surface area contributed by atoms with Crippen LogP contribution in [-0.2, 0) is 38.2 Å². The van der Waals surface area contributed by atoms with Crippen LogP contribution in [0, 0.1) is 57.2 Å². The normalized spacial score (nSPS) is 48.4. The molecule has 9 nitrogen and oxygen atoms in total. The van der Waals surface area contributed by atoms with Crippen molar-refractivity contribution in [2.75, 3.05) is 0 Å². The molecule has 0 aliphatic heterocycles. The SMILES string of the molecule is CC(=O)O[C@]1(C=O)CCC2C3C(CC[C@@]21C)[C@@]1(C)CCC(=O)C=C1[C@H](Cl)[C@H]3O.CC(=O)O[C@]1(C=O)CCC2C3C=CC4=CC(=O)CC[C@]4(C)C3CC[C@@]21C. The minimum Gasteiger partial charge on any atom is -0.451 e. The number of esters is 2. The van der Waals surface area contributed by atoms with E-state index in [0.717, 1.165) is 69.5 Å². The van der Waals surface area contributed by atoms with Crippen LogP contribution in [0.1, 0.15) is 119 Å². The molecule has 294 valence electrons. The van der Waals surface area contributed by atoms with E-state index in [2.05, 4.69) is 32.9 Å². The lowest BCUT2D eigenvalue weighted by atomic mass is 9.45. The number of halogens is 1. The van der Waals surface area contributed by atoms with Crippen LogP contribution >= 0.6 is 11.6 Å². The fourth-order valence-electron chi connectivity index (χ4n) is 13.9. The number of ether oxygens (including phenoxy) is 2. The standard InChI is InChI=1S/C22H29ClO5.C22H28O4/c1-12(25)28-22(11-24)9-6-15-17-14(5-8-21(15,22)3)20(2)7-4-13(26)10-16(20)18(23)19(17)27;1-14(24)26-22(13-23)11-8-19-17-5-4-15-12-16(25)6-9-20(15,2)18(17)7-10-21(19,22)3/h10-11,14-15,17-19,27H,4-9H2,1-3H3;4-5,12-13,17-19H,6-11H2,1-3H3/t14?,15?,17?,18-,19-,20+,21-,22-;17?,18?,19?,20-,21-,22-/m00/s1. The molecule has 5 saturated carbocycles. The first-order valence-electron chi connectivity index (χ1n) is 20.2. The molecule has 0 saturated heterocycles. The number of ketones is 2. The van der Waals surface area contributed by atoms with Gasteiger partial charge in [-0.3, -0.25) is 28.8 Å². The summed E-state index contributed by atoms with van der Waals surface area (Å²) in [5.41, 5.74) is -1.05. The van der Waals surface area contributed by atoms with Crippen molar-refractivity contribution in [2.45, 2.75) is 141 Å². The number of carbonyl (C=O) groups is 6. The van der Waals surface area contributed by atoms with Gasteiger partial charge in [-0.05, 0) is 134 Å². The molecule has 5 fully saturated rings. The molecule has 54 heavy (non-hydrogen) atoms. The molecule has 0 aromatic carbocycles. The Labute approximate surface area is 324 Å². The molecule has 8 rings (SSSR count). The summed E-state index contributed by atoms with van der Waals surface area (Å²) in [5, 5.41) is 10.6. The minimum atomic E-state index is -1.13. The number of hydrogen-bond donors (Lipinski definition) is 1. The first-order chi connectivity index (χ1) is 25.3. The molecule has 6 unspecified atom stereocenters. The van der Waals surface area contributed by atoms with E-state index in [9.17, 15) is 33.9 Å². The molecule has 0 bridgehead atoms. The summed E-state index contributed by atoms with van der Waals surface area (Å²) in [7, 11) is 0. The summed E-state index contributed by atoms with van der Waals surface area (Å²) in [6.07, 6.45) is 17.8. The van der Waals surface area contributed by atoms with Gasteiger partial charge in [-0.2, -0.15) is 0 Å². The van der Waals surface area contributed by atoms with E-state index in [1.54, 1.807) is 6.08 Å². The van der Waals surface area contributed by atoms with E-state index in [-0.39, 0.29) is 51.5 Å². The summed E-state index contributed by atoms with van der Waals surface area (Å²) in [5.74, 6) is 0.870. The molecule has 0 aromatic heterocycles. The molecular weight excluding hydrogens is 708 g/mol. The lowest BCUT2D eigenvalue weighted by Gasteiger charge is -2.61. The number of fused-ring (bicyclic) bond motifs is 10. The van der Waals surface area contributed by atoms with Gasteiger partial charge in [-0.15, -0.1) is 11.6 Å². The van der Waals surface area contributed by atoms with Crippen LogP contribution in [0.25, 0.3) is 0 Å². The highest BCUT2D eigenvalue weighted by Crippen LogP contribution is 2.69. The summed E-state index contributed by atoms with van der Waals surface area (Å²) >= 11 is 6.72. The third-order valence-electron chi connectivity index (χ3n) is 16.9. The van der Waals surface area contributed by atoms with Crippen molar-refractivity contribution >= 4 is 47.7 Å². The van der Waals surface area contributed by atoms with Crippen LogP contribution in [-0.4, -0.2) is 63.9 Å². The highest BCUT2D eigenvalue weighted by Gasteiger charge is 2.69. The Morgan fingerprint density at radius 2 is 1.22 bits per heavy atom. The van der Waals surface area contributed by atoms with Gasteiger partial charge in [0, 0.05) is 37.5 Å². The van der Waals surface area contributed by atoms with E-state index >= 15 is 0 Å². The number of allylic oxidation sites excluding steroid dienone is 4. The maximum absolute atomic E-state index is 12.1. The number of aldehydes is 2. The smallest absolute Gasteiger partial charge is 0.303 e. The zero-order valence-electron chi connectivity index (χ0n) is 32.7. The predicted octanol–water partition coefficient (Wildman–Crippen LogP) is 7.00. The molecule has 14 atom stereocenters. The van der Waals surface area contributed by atoms with Gasteiger partial charge in [-0.25, -0.2) is 0 Å². The Hall–Kier alpha value is -2.91. The predicted molar refractivity (Wildman–Crippen MR) is 201 cm³/mol. The van der Waals surface area contributed by atoms with Crippen LogP contribution in [0.5, 0.6) is 0 Å². The lowest BCUT2D eigenvalue weighted by molar-refractivity contribution is -0.186. The molecule has 8 aliphatic rings. The van der Waals surface area contributed by atoms with Crippen molar-refractivity contribution in [1.29, 1.82) is 0 Å². The molecule has 1 N–H and O–H groups in total. The van der Waals surface area contributed by atoms with Gasteiger partial charge in [-0.1, -0.05) is 39.8 Å². The highest BCUT2D eigenvalue weighted by molar-refractivity contribution is 6.23. The molecule has 0 amide bonds. The van der Waals surface area contributed by atoms with E-state index in [4.69, 9.17) is 21.1 Å². The van der Waals surface area contributed by atoms with Crippen molar-refractivity contribution < 1.29 is 43.3 Å². The fraction of sp³-hybridized carbons (Fsp3) is 0.727. The van der Waals surface area contributed by atoms with Crippen molar-refractivity contribution in [2.24, 2.45) is 57.2 Å². The zero-order chi connectivity index (χ0) is 39.2. The quantitative estimate of drug-likeness (QED) is 0.182. The van der Waals surface area contributed by atoms with Gasteiger partial charge in [0.15, 0.2) is 35.3 Å². The van der Waals surface area contributed by atoms with Crippen molar-refractivity contribution in [3.05, 3.63) is 35.5 Å². The Balaban J connectivity index is 0.000000167. The second-order valence-corrected chi connectivity index (χ2v) is 19.5. The molecule has 0 spiro atoms. The van der Waals surface area contributed by atoms with Crippen LogP contribution < -0.4 is 0 Å². The lowest BCUT2D eigenvalue weighted by Crippen LogP contribution is -2.62. The number of aliphatic hydroxyl groups excluding tert-OH is 1. The average Bonchev–Trinajstić information content (AvgIpc) is 3.58. The Kier molecular flexibility index (Phi) is 9.72. The van der Waals surface area contributed by atoms with Crippen LogP contribution in [0.4, 0.5) is 0 Å². The number of alkyl halides is 1. The van der Waals surface area contributed by atoms with Gasteiger partial charge in [0.2, 0.25) is 0 Å².